The lowest BCUT2D eigenvalue weighted by Gasteiger charge is -2.16. The lowest BCUT2D eigenvalue weighted by molar-refractivity contribution is 0.134. The fourth-order valence-corrected chi connectivity index (χ4v) is 2.96. The molecule has 1 N–H and O–H groups in total. The number of alkyl carbamates (subject to hydrolysis) is 1. The monoisotopic (exact) mass is 345 g/mol. The molecule has 1 aliphatic heterocycles. The number of allylic oxidation sites excluding steroid dienone is 4. The van der Waals surface area contributed by atoms with Crippen LogP contribution in [-0.4, -0.2) is 30.6 Å². The maximum Gasteiger partial charge on any atom is 0.407 e. The second kappa shape index (κ2) is 10.0. The summed E-state index contributed by atoms with van der Waals surface area (Å²) in [6.07, 6.45) is 7.38. The molecule has 1 amide bonds. The number of carbonyl (C=O) groups excluding carboxylic acids is 1. The Labute approximate surface area is 147 Å². The Balaban J connectivity index is 1.80. The van der Waals surface area contributed by atoms with E-state index >= 15 is 0 Å². The molecule has 1 saturated heterocycles. The van der Waals surface area contributed by atoms with Crippen LogP contribution in [0.1, 0.15) is 12.5 Å². The maximum absolute atomic E-state index is 12.0. The molecule has 0 radical (unpaired) electrons. The zero-order chi connectivity index (χ0) is 17.2. The number of hydrogen-bond acceptors (Lipinski definition) is 4. The van der Waals surface area contributed by atoms with Crippen molar-refractivity contribution in [1.29, 1.82) is 0 Å². The molecule has 1 aromatic rings. The molecule has 24 heavy (non-hydrogen) atoms. The van der Waals surface area contributed by atoms with Gasteiger partial charge in [-0.1, -0.05) is 55.1 Å². The van der Waals surface area contributed by atoms with Crippen LogP contribution in [0.15, 0.2) is 66.1 Å². The molecular formula is C19H23NO3S. The topological polar surface area (TPSA) is 50.9 Å². The van der Waals surface area contributed by atoms with Crippen molar-refractivity contribution >= 4 is 17.9 Å². The van der Waals surface area contributed by atoms with Gasteiger partial charge in [-0.05, 0) is 18.6 Å². The minimum absolute atomic E-state index is 0.0644. The number of epoxide rings is 1. The third kappa shape index (κ3) is 6.64. The number of benzene rings is 1. The minimum Gasteiger partial charge on any atom is -0.445 e. The van der Waals surface area contributed by atoms with Crippen LogP contribution in [0.4, 0.5) is 4.79 Å². The molecule has 128 valence electrons. The van der Waals surface area contributed by atoms with Crippen molar-refractivity contribution in [2.45, 2.75) is 25.7 Å². The van der Waals surface area contributed by atoms with E-state index in [1.165, 1.54) is 0 Å². The lowest BCUT2D eigenvalue weighted by Crippen LogP contribution is -2.41. The zero-order valence-corrected chi connectivity index (χ0v) is 14.6. The van der Waals surface area contributed by atoms with Crippen molar-refractivity contribution in [3.05, 3.63) is 71.7 Å². The molecule has 0 saturated carbocycles. The Bertz CT molecular complexity index is 594. The lowest BCUT2D eigenvalue weighted by atomic mass is 10.2. The van der Waals surface area contributed by atoms with Gasteiger partial charge < -0.3 is 14.8 Å². The van der Waals surface area contributed by atoms with Crippen LogP contribution < -0.4 is 5.32 Å². The predicted molar refractivity (Wildman–Crippen MR) is 98.8 cm³/mol. The number of carbonyl (C=O) groups is 1. The van der Waals surface area contributed by atoms with Crippen molar-refractivity contribution in [2.75, 3.05) is 12.4 Å². The van der Waals surface area contributed by atoms with Crippen LogP contribution in [0.3, 0.4) is 0 Å². The van der Waals surface area contributed by atoms with Crippen molar-refractivity contribution in [1.82, 2.24) is 5.32 Å². The summed E-state index contributed by atoms with van der Waals surface area (Å²) in [5.41, 5.74) is 0.962. The third-order valence-corrected chi connectivity index (χ3v) is 4.57. The SMILES string of the molecule is C=C/C(=C\C=C/C)SCC(NC(=O)OCc1ccccc1)C1CO1. The van der Waals surface area contributed by atoms with Gasteiger partial charge in [-0.25, -0.2) is 4.79 Å². The highest BCUT2D eigenvalue weighted by molar-refractivity contribution is 8.03. The van der Waals surface area contributed by atoms with Gasteiger partial charge in [-0.3, -0.25) is 0 Å². The van der Waals surface area contributed by atoms with Gasteiger partial charge in [0, 0.05) is 10.7 Å². The fourth-order valence-electron chi connectivity index (χ4n) is 2.00. The van der Waals surface area contributed by atoms with Crippen LogP contribution in [0, 0.1) is 0 Å². The highest BCUT2D eigenvalue weighted by atomic mass is 32.2. The Kier molecular flexibility index (Phi) is 7.65. The third-order valence-electron chi connectivity index (χ3n) is 3.41. The first-order valence-electron chi connectivity index (χ1n) is 7.90. The summed E-state index contributed by atoms with van der Waals surface area (Å²) in [5.74, 6) is 0.709. The maximum atomic E-state index is 12.0. The molecule has 0 aromatic heterocycles. The number of rotatable bonds is 9. The quantitative estimate of drug-likeness (QED) is 0.542. The van der Waals surface area contributed by atoms with Gasteiger partial charge in [0.25, 0.3) is 0 Å². The first-order valence-corrected chi connectivity index (χ1v) is 8.88. The molecule has 1 fully saturated rings. The van der Waals surface area contributed by atoms with E-state index in [2.05, 4.69) is 11.9 Å². The summed E-state index contributed by atoms with van der Waals surface area (Å²) >= 11 is 1.64. The van der Waals surface area contributed by atoms with Crippen LogP contribution in [-0.2, 0) is 16.1 Å². The molecule has 0 spiro atoms. The van der Waals surface area contributed by atoms with Crippen LogP contribution in [0.2, 0.25) is 0 Å². The summed E-state index contributed by atoms with van der Waals surface area (Å²) < 4.78 is 10.6. The van der Waals surface area contributed by atoms with E-state index in [1.54, 1.807) is 11.8 Å². The van der Waals surface area contributed by atoms with E-state index in [-0.39, 0.29) is 18.8 Å². The average Bonchev–Trinajstić information content (AvgIpc) is 3.45. The number of ether oxygens (including phenoxy) is 2. The van der Waals surface area contributed by atoms with Gasteiger partial charge in [0.15, 0.2) is 0 Å². The number of nitrogens with one attached hydrogen (secondary N) is 1. The van der Waals surface area contributed by atoms with Gasteiger partial charge in [-0.15, -0.1) is 11.8 Å². The molecule has 0 aliphatic carbocycles. The van der Waals surface area contributed by atoms with E-state index in [9.17, 15) is 4.79 Å². The second-order valence-corrected chi connectivity index (χ2v) is 6.39. The van der Waals surface area contributed by atoms with E-state index in [0.29, 0.717) is 12.4 Å². The molecule has 0 bridgehead atoms. The highest BCUT2D eigenvalue weighted by Crippen LogP contribution is 2.23. The van der Waals surface area contributed by atoms with Gasteiger partial charge in [0.1, 0.15) is 12.7 Å². The molecule has 1 aromatic carbocycles. The van der Waals surface area contributed by atoms with E-state index in [4.69, 9.17) is 9.47 Å². The number of amides is 1. The standard InChI is InChI=1S/C19H23NO3S/c1-3-5-11-16(4-2)24-14-17(18-13-22-18)20-19(21)23-12-15-9-7-6-8-10-15/h3-11,17-18H,2,12-14H2,1H3,(H,20,21)/b5-3-,16-11+. The van der Waals surface area contributed by atoms with Crippen molar-refractivity contribution < 1.29 is 14.3 Å². The highest BCUT2D eigenvalue weighted by Gasteiger charge is 2.34. The minimum atomic E-state index is -0.419. The Morgan fingerprint density at radius 3 is 2.88 bits per heavy atom. The summed E-state index contributed by atoms with van der Waals surface area (Å²) in [6.45, 7) is 6.71. The first kappa shape index (κ1) is 18.4. The van der Waals surface area contributed by atoms with Crippen molar-refractivity contribution in [3.63, 3.8) is 0 Å². The second-order valence-electron chi connectivity index (χ2n) is 5.29. The normalized spacial score (nSPS) is 18.2. The summed E-state index contributed by atoms with van der Waals surface area (Å²) in [4.78, 5) is 13.1. The molecular weight excluding hydrogens is 322 g/mol. The van der Waals surface area contributed by atoms with Gasteiger partial charge in [0.05, 0.1) is 12.6 Å². The van der Waals surface area contributed by atoms with Crippen molar-refractivity contribution in [3.8, 4) is 0 Å². The van der Waals surface area contributed by atoms with Gasteiger partial charge >= 0.3 is 6.09 Å². The molecule has 1 aliphatic rings. The molecule has 2 rings (SSSR count). The Hall–Kier alpha value is -1.98. The Morgan fingerprint density at radius 1 is 1.50 bits per heavy atom. The van der Waals surface area contributed by atoms with Gasteiger partial charge in [-0.2, -0.15) is 0 Å². The average molecular weight is 345 g/mol. The Morgan fingerprint density at radius 2 is 2.25 bits per heavy atom. The summed E-state index contributed by atoms with van der Waals surface area (Å²) in [7, 11) is 0. The van der Waals surface area contributed by atoms with E-state index in [0.717, 1.165) is 10.5 Å². The fraction of sp³-hybridized carbons (Fsp3) is 0.316. The number of thioether (sulfide) groups is 1. The zero-order valence-electron chi connectivity index (χ0n) is 13.8. The molecule has 2 unspecified atom stereocenters. The predicted octanol–water partition coefficient (Wildman–Crippen LogP) is 4.06. The molecule has 5 heteroatoms. The number of hydrogen-bond donors (Lipinski definition) is 1. The van der Waals surface area contributed by atoms with Crippen LogP contribution >= 0.6 is 11.8 Å². The largest absolute Gasteiger partial charge is 0.445 e. The van der Waals surface area contributed by atoms with E-state index < -0.39 is 6.09 Å². The van der Waals surface area contributed by atoms with Gasteiger partial charge in [0.2, 0.25) is 0 Å². The van der Waals surface area contributed by atoms with Crippen LogP contribution in [0.25, 0.3) is 0 Å². The molecule has 2 atom stereocenters. The summed E-state index contributed by atoms with van der Waals surface area (Å²) in [6, 6.07) is 9.54. The smallest absolute Gasteiger partial charge is 0.407 e. The summed E-state index contributed by atoms with van der Waals surface area (Å²) in [5, 5.41) is 2.90. The van der Waals surface area contributed by atoms with E-state index in [1.807, 2.05) is 61.6 Å². The van der Waals surface area contributed by atoms with Crippen LogP contribution in [0.5, 0.6) is 0 Å². The first-order chi connectivity index (χ1) is 11.7. The van der Waals surface area contributed by atoms with Crippen molar-refractivity contribution in [2.24, 2.45) is 0 Å². The molecule has 4 nitrogen and oxygen atoms in total. The molecule has 1 heterocycles.